The van der Waals surface area contributed by atoms with Gasteiger partial charge < -0.3 is 4.55 Å². The smallest absolute Gasteiger partial charge is 0.454 e. The molecule has 0 aromatic carbocycles. The third-order valence-corrected chi connectivity index (χ3v) is 4.50. The van der Waals surface area contributed by atoms with Crippen molar-refractivity contribution in [2.45, 2.75) is 41.6 Å². The first kappa shape index (κ1) is 27.7. The summed E-state index contributed by atoms with van der Waals surface area (Å²) in [4.78, 5) is 0. The van der Waals surface area contributed by atoms with E-state index in [2.05, 4.69) is 0 Å². The lowest BCUT2D eigenvalue weighted by Crippen LogP contribution is -2.82. The van der Waals surface area contributed by atoms with E-state index in [-0.39, 0.29) is 0 Å². The summed E-state index contributed by atoms with van der Waals surface area (Å²) in [7, 11) is -9.17. The lowest BCUT2D eigenvalue weighted by Gasteiger charge is -2.53. The third-order valence-electron chi connectivity index (χ3n) is 3.27. The molecule has 0 saturated carbocycles. The molecule has 0 aliphatic heterocycles. The van der Waals surface area contributed by atoms with Gasteiger partial charge in [-0.3, -0.25) is 0 Å². The van der Waals surface area contributed by atoms with Crippen LogP contribution >= 0.6 is 0 Å². The van der Waals surface area contributed by atoms with Gasteiger partial charge in [-0.2, -0.15) is 70.2 Å². The second kappa shape index (κ2) is 6.36. The van der Waals surface area contributed by atoms with Crippen LogP contribution in [0.15, 0.2) is 0 Å². The number of alkyl halides is 17. The Labute approximate surface area is 146 Å². The Kier molecular flexibility index (Phi) is 6.08. The van der Waals surface area contributed by atoms with Gasteiger partial charge in [0.05, 0.1) is 0 Å². The van der Waals surface area contributed by atoms with Crippen LogP contribution in [0.4, 0.5) is 74.6 Å². The molecule has 1 atom stereocenters. The minimum atomic E-state index is -9.59. The lowest BCUT2D eigenvalue weighted by molar-refractivity contribution is -0.495. The molecule has 0 radical (unpaired) electrons. The van der Waals surface area contributed by atoms with E-state index in [0.717, 1.165) is 0 Å². The van der Waals surface area contributed by atoms with Crippen LogP contribution < -0.4 is 0 Å². The topological polar surface area (TPSA) is 57.2 Å². The first-order chi connectivity index (χ1) is 12.0. The lowest BCUT2D eigenvalue weighted by atomic mass is 9.68. The highest BCUT2D eigenvalue weighted by molar-refractivity contribution is 7.87. The molecular formula is C8F17O3S-. The molecule has 176 valence electrons. The fraction of sp³-hybridized carbons (Fsp3) is 1.00. The highest BCUT2D eigenvalue weighted by Crippen LogP contribution is 2.74. The summed E-state index contributed by atoms with van der Waals surface area (Å²) < 4.78 is 249. The van der Waals surface area contributed by atoms with Gasteiger partial charge in [0.2, 0.25) is 0 Å². The molecule has 0 heterocycles. The van der Waals surface area contributed by atoms with Crippen LogP contribution in [0, 0.1) is 5.41 Å². The highest BCUT2D eigenvalue weighted by atomic mass is 32.2. The Morgan fingerprint density at radius 1 is 0.448 bits per heavy atom. The van der Waals surface area contributed by atoms with E-state index in [0.29, 0.717) is 0 Å². The van der Waals surface area contributed by atoms with Gasteiger partial charge in [-0.25, -0.2) is 12.8 Å². The molecule has 0 fully saturated rings. The molecule has 0 aliphatic carbocycles. The van der Waals surface area contributed by atoms with Gasteiger partial charge in [0, 0.05) is 0 Å². The summed E-state index contributed by atoms with van der Waals surface area (Å²) in [5.41, 5.74) is -9.59. The van der Waals surface area contributed by atoms with Crippen LogP contribution in [0.3, 0.4) is 0 Å². The van der Waals surface area contributed by atoms with Crippen molar-refractivity contribution in [1.82, 2.24) is 0 Å². The predicted molar refractivity (Wildman–Crippen MR) is 50.1 cm³/mol. The SMILES string of the molecule is O=S(=O)([O-])C(F)(C(F)(F)F)C(C(F)(F)F)(C(F)(F)C(F)(F)F)C(F)(F)C(F)(F)F. The standard InChI is InChI=1S/C8HF17O3S/c9-2(10,6(17,18)19)1(5(14,15)16,3(11,12)7(20,21)22)4(13,8(23,24)25)29(26,27)28/h(H,26,27,28)/p-1. The summed E-state index contributed by atoms with van der Waals surface area (Å²) in [6, 6.07) is 0. The van der Waals surface area contributed by atoms with Crippen molar-refractivity contribution in [2.75, 3.05) is 0 Å². The molecule has 0 N–H and O–H groups in total. The molecule has 0 saturated heterocycles. The van der Waals surface area contributed by atoms with Gasteiger partial charge in [-0.15, -0.1) is 0 Å². The zero-order valence-electron chi connectivity index (χ0n) is 12.1. The molecule has 0 bridgehead atoms. The average molecular weight is 499 g/mol. The van der Waals surface area contributed by atoms with Crippen LogP contribution in [-0.2, 0) is 10.1 Å². The van der Waals surface area contributed by atoms with E-state index in [1.54, 1.807) is 0 Å². The van der Waals surface area contributed by atoms with Crippen molar-refractivity contribution >= 4 is 10.1 Å². The molecule has 0 amide bonds. The average Bonchev–Trinajstić information content (AvgIpc) is 2.30. The molecule has 3 nitrogen and oxygen atoms in total. The Bertz CT molecular complexity index is 696. The molecule has 0 spiro atoms. The Morgan fingerprint density at radius 3 is 0.793 bits per heavy atom. The van der Waals surface area contributed by atoms with E-state index in [4.69, 9.17) is 0 Å². The van der Waals surface area contributed by atoms with Gasteiger partial charge in [0.1, 0.15) is 10.1 Å². The largest absolute Gasteiger partial charge is 0.745 e. The zero-order valence-corrected chi connectivity index (χ0v) is 12.9. The summed E-state index contributed by atoms with van der Waals surface area (Å²) >= 11 is 0. The molecular weight excluding hydrogens is 499 g/mol. The maximum Gasteiger partial charge on any atom is 0.454 e. The van der Waals surface area contributed by atoms with Gasteiger partial charge in [0.25, 0.3) is 5.41 Å². The van der Waals surface area contributed by atoms with Crippen LogP contribution in [0.2, 0.25) is 0 Å². The van der Waals surface area contributed by atoms with Gasteiger partial charge in [-0.1, -0.05) is 0 Å². The minimum absolute atomic E-state index is 8.52. The number of hydrogen-bond acceptors (Lipinski definition) is 3. The second-order valence-electron chi connectivity index (χ2n) is 4.94. The summed E-state index contributed by atoms with van der Waals surface area (Å²) in [6.45, 7) is 0. The van der Waals surface area contributed by atoms with Gasteiger partial charge >= 0.3 is 41.6 Å². The maximum absolute atomic E-state index is 14.0. The molecule has 1 unspecified atom stereocenters. The fourth-order valence-corrected chi connectivity index (χ4v) is 3.14. The Morgan fingerprint density at radius 2 is 0.690 bits per heavy atom. The first-order valence-electron chi connectivity index (χ1n) is 5.67. The quantitative estimate of drug-likeness (QED) is 0.417. The van der Waals surface area contributed by atoms with E-state index < -0.39 is 57.1 Å². The van der Waals surface area contributed by atoms with Gasteiger partial charge in [-0.05, 0) is 0 Å². The van der Waals surface area contributed by atoms with Crippen molar-refractivity contribution in [3.8, 4) is 0 Å². The van der Waals surface area contributed by atoms with E-state index >= 15 is 0 Å². The summed E-state index contributed by atoms with van der Waals surface area (Å²) in [5, 5.41) is -9.09. The zero-order chi connectivity index (χ0) is 24.5. The summed E-state index contributed by atoms with van der Waals surface area (Å²) in [5.74, 6) is -18.4. The minimum Gasteiger partial charge on any atom is -0.745 e. The fourth-order valence-electron chi connectivity index (χ4n) is 2.11. The molecule has 0 rings (SSSR count). The predicted octanol–water partition coefficient (Wildman–Crippen LogP) is 4.70. The third kappa shape index (κ3) is 3.26. The van der Waals surface area contributed by atoms with Crippen molar-refractivity contribution in [1.29, 1.82) is 0 Å². The highest BCUT2D eigenvalue weighted by Gasteiger charge is 3.03. The summed E-state index contributed by atoms with van der Waals surface area (Å²) in [6.07, 6.45) is -34.7. The molecule has 0 aliphatic rings. The number of hydrogen-bond donors (Lipinski definition) is 0. The Balaban J connectivity index is 8.49. The number of halogens is 17. The molecule has 21 heteroatoms. The Hall–Kier alpha value is -1.28. The van der Waals surface area contributed by atoms with Crippen LogP contribution in [-0.4, -0.2) is 54.5 Å². The van der Waals surface area contributed by atoms with E-state index in [9.17, 15) is 87.6 Å². The maximum atomic E-state index is 14.0. The molecule has 29 heavy (non-hydrogen) atoms. The van der Waals surface area contributed by atoms with Crippen molar-refractivity contribution in [2.24, 2.45) is 5.41 Å². The monoisotopic (exact) mass is 499 g/mol. The van der Waals surface area contributed by atoms with Crippen molar-refractivity contribution < 1.29 is 87.6 Å². The number of rotatable bonds is 4. The molecule has 0 aromatic rings. The van der Waals surface area contributed by atoms with Crippen LogP contribution in [0.1, 0.15) is 0 Å². The van der Waals surface area contributed by atoms with E-state index in [1.165, 1.54) is 0 Å². The molecule has 0 aromatic heterocycles. The second-order valence-corrected chi connectivity index (χ2v) is 6.41. The van der Waals surface area contributed by atoms with Crippen LogP contribution in [0.25, 0.3) is 0 Å². The van der Waals surface area contributed by atoms with Crippen LogP contribution in [0.5, 0.6) is 0 Å². The normalized spacial score (nSPS) is 18.6. The van der Waals surface area contributed by atoms with Crippen molar-refractivity contribution in [3.63, 3.8) is 0 Å². The first-order valence-corrected chi connectivity index (χ1v) is 7.08. The van der Waals surface area contributed by atoms with E-state index in [1.807, 2.05) is 0 Å². The van der Waals surface area contributed by atoms with Gasteiger partial charge in [0.15, 0.2) is 0 Å². The van der Waals surface area contributed by atoms with Crippen molar-refractivity contribution in [3.05, 3.63) is 0 Å².